The molecule has 0 fully saturated rings. The number of hydrogen-bond donors (Lipinski definition) is 0. The molecule has 0 aliphatic heterocycles. The van der Waals surface area contributed by atoms with Gasteiger partial charge in [-0.1, -0.05) is 18.2 Å². The van der Waals surface area contributed by atoms with E-state index in [0.29, 0.717) is 12.1 Å². The van der Waals surface area contributed by atoms with E-state index in [2.05, 4.69) is 0 Å². The number of para-hydroxylation sites is 1. The molecule has 0 bridgehead atoms. The smallest absolute Gasteiger partial charge is 0.460 e. The lowest BCUT2D eigenvalue weighted by Gasteiger charge is -2.38. The van der Waals surface area contributed by atoms with Crippen molar-refractivity contribution in [2.45, 2.75) is 35.1 Å². The fourth-order valence-electron chi connectivity index (χ4n) is 1.67. The molecule has 0 unspecified atom stereocenters. The number of halogens is 13. The van der Waals surface area contributed by atoms with E-state index >= 15 is 0 Å². The first-order chi connectivity index (χ1) is 13.5. The van der Waals surface area contributed by atoms with Crippen LogP contribution in [0.25, 0.3) is 0 Å². The first-order valence-electron chi connectivity index (χ1n) is 6.94. The molecule has 0 spiro atoms. The van der Waals surface area contributed by atoms with Crippen LogP contribution in [0.2, 0.25) is 0 Å². The van der Waals surface area contributed by atoms with Crippen molar-refractivity contribution in [1.82, 2.24) is 0 Å². The molecule has 0 N–H and O–H groups in total. The van der Waals surface area contributed by atoms with Gasteiger partial charge in [-0.2, -0.15) is 65.5 Å². The molecule has 0 radical (unpaired) electrons. The molecule has 0 aromatic heterocycles. The summed E-state index contributed by atoms with van der Waals surface area (Å²) >= 11 is 0. The minimum absolute atomic E-state index is 0.620. The highest BCUT2D eigenvalue weighted by molar-refractivity contribution is 7.91. The highest BCUT2D eigenvalue weighted by Gasteiger charge is 2.92. The van der Waals surface area contributed by atoms with Crippen molar-refractivity contribution in [2.75, 3.05) is 0 Å². The molecule has 0 amide bonds. The second-order valence-electron chi connectivity index (χ2n) is 5.48. The standard InChI is InChI=1S/C12H5F13N2O3S/c13-7(14,9(17,18)11(21,22)23)8(15,16)10(19,20)12(24,25)31(29,30)26-27(28)6-4-2-1-3-5-6/h1-5H. The second-order valence-corrected chi connectivity index (χ2v) is 7.10. The van der Waals surface area contributed by atoms with Gasteiger partial charge in [0, 0.05) is 12.1 Å². The van der Waals surface area contributed by atoms with Gasteiger partial charge < -0.3 is 5.21 Å². The molecule has 0 saturated carbocycles. The van der Waals surface area contributed by atoms with E-state index in [1.807, 2.05) is 0 Å². The number of sulfonamides is 1. The summed E-state index contributed by atoms with van der Waals surface area (Å²) in [5, 5.41) is 3.80. The Morgan fingerprint density at radius 1 is 0.677 bits per heavy atom. The van der Waals surface area contributed by atoms with E-state index in [1.54, 1.807) is 0 Å². The molecule has 0 heterocycles. The maximum Gasteiger partial charge on any atom is 0.460 e. The number of benzene rings is 1. The second kappa shape index (κ2) is 7.37. The summed E-state index contributed by atoms with van der Waals surface area (Å²) in [5.41, 5.74) is -0.995. The molecule has 1 rings (SSSR count). The SMILES string of the molecule is O=S(=O)(N=[N+]([O-])c1ccccc1)C(F)(F)C(F)(F)C(F)(F)C(F)(F)C(F)(F)C(F)(F)F. The van der Waals surface area contributed by atoms with Gasteiger partial charge in [0.2, 0.25) is 5.69 Å². The third-order valence-corrected chi connectivity index (χ3v) is 4.65. The van der Waals surface area contributed by atoms with Crippen LogP contribution in [0.15, 0.2) is 34.9 Å². The highest BCUT2D eigenvalue weighted by atomic mass is 32.2. The fourth-order valence-corrected chi connectivity index (χ4v) is 2.51. The Morgan fingerprint density at radius 2 is 1.06 bits per heavy atom. The first kappa shape index (κ1) is 26.7. The summed E-state index contributed by atoms with van der Waals surface area (Å²) in [4.78, 5) is -1.36. The Bertz CT molecular complexity index is 942. The minimum Gasteiger partial charge on any atom is -0.593 e. The Labute approximate surface area is 162 Å². The molecule has 5 nitrogen and oxygen atoms in total. The summed E-state index contributed by atoms with van der Waals surface area (Å²) < 4.78 is 192. The molecule has 178 valence electrons. The number of nitrogens with zero attached hydrogens (tertiary/aromatic N) is 2. The van der Waals surface area contributed by atoms with Crippen molar-refractivity contribution in [1.29, 1.82) is 0 Å². The van der Waals surface area contributed by atoms with Crippen molar-refractivity contribution in [3.63, 3.8) is 0 Å². The molecule has 19 heteroatoms. The van der Waals surface area contributed by atoms with E-state index in [-0.39, 0.29) is 0 Å². The van der Waals surface area contributed by atoms with Gasteiger partial charge in [-0.05, 0) is 4.86 Å². The van der Waals surface area contributed by atoms with Crippen LogP contribution in [0.4, 0.5) is 62.8 Å². The molecule has 0 aliphatic rings. The maximum absolute atomic E-state index is 13.6. The topological polar surface area (TPSA) is 72.6 Å². The first-order valence-corrected chi connectivity index (χ1v) is 8.38. The van der Waals surface area contributed by atoms with Crippen LogP contribution in [-0.4, -0.2) is 48.4 Å². The Morgan fingerprint density at radius 3 is 1.45 bits per heavy atom. The van der Waals surface area contributed by atoms with Crippen LogP contribution in [0.5, 0.6) is 0 Å². The van der Waals surface area contributed by atoms with Gasteiger partial charge in [-0.3, -0.25) is 0 Å². The molecule has 0 atom stereocenters. The molecule has 0 saturated heterocycles. The van der Waals surface area contributed by atoms with Crippen molar-refractivity contribution in [2.24, 2.45) is 4.52 Å². The van der Waals surface area contributed by atoms with E-state index in [0.717, 1.165) is 18.2 Å². The average Bonchev–Trinajstić information content (AvgIpc) is 2.60. The van der Waals surface area contributed by atoms with Crippen LogP contribution in [0, 0.1) is 5.21 Å². The summed E-state index contributed by atoms with van der Waals surface area (Å²) in [6, 6.07) is 4.26. The summed E-state index contributed by atoms with van der Waals surface area (Å²) in [6.07, 6.45) is -7.65. The quantitative estimate of drug-likeness (QED) is 0.219. The van der Waals surface area contributed by atoms with Gasteiger partial charge in [-0.25, -0.2) is 0 Å². The van der Waals surface area contributed by atoms with Crippen molar-refractivity contribution in [3.8, 4) is 0 Å². The third-order valence-electron chi connectivity index (χ3n) is 3.39. The van der Waals surface area contributed by atoms with E-state index in [1.165, 1.54) is 4.52 Å². The Balaban J connectivity index is 3.62. The zero-order chi connectivity index (χ0) is 24.9. The lowest BCUT2D eigenvalue weighted by atomic mass is 9.98. The van der Waals surface area contributed by atoms with Gasteiger partial charge in [0.15, 0.2) is 0 Å². The highest BCUT2D eigenvalue weighted by Crippen LogP contribution is 2.61. The Kier molecular flexibility index (Phi) is 6.34. The maximum atomic E-state index is 13.6. The number of alkyl halides is 13. The van der Waals surface area contributed by atoms with Crippen LogP contribution >= 0.6 is 0 Å². The summed E-state index contributed by atoms with van der Waals surface area (Å²) in [6.45, 7) is 0. The summed E-state index contributed by atoms with van der Waals surface area (Å²) in [7, 11) is -7.57. The fraction of sp³-hybridized carbons (Fsp3) is 0.500. The zero-order valence-corrected chi connectivity index (χ0v) is 14.6. The van der Waals surface area contributed by atoms with Gasteiger partial charge in [-0.15, -0.1) is 0 Å². The Hall–Kier alpha value is -2.34. The lowest BCUT2D eigenvalue weighted by molar-refractivity contribution is -0.437. The van der Waals surface area contributed by atoms with Crippen molar-refractivity contribution >= 4 is 15.7 Å². The molecule has 1 aromatic rings. The minimum atomic E-state index is -8.33. The number of hydrogen-bond acceptors (Lipinski definition) is 3. The molecule has 0 aliphatic carbocycles. The predicted molar refractivity (Wildman–Crippen MR) is 71.9 cm³/mol. The van der Waals surface area contributed by atoms with Crippen LogP contribution < -0.4 is 0 Å². The molecule has 31 heavy (non-hydrogen) atoms. The van der Waals surface area contributed by atoms with E-state index in [9.17, 15) is 70.7 Å². The lowest BCUT2D eigenvalue weighted by Crippen LogP contribution is -2.71. The third kappa shape index (κ3) is 3.86. The van der Waals surface area contributed by atoms with Gasteiger partial charge in [0.1, 0.15) is 4.52 Å². The monoisotopic (exact) mass is 504 g/mol. The van der Waals surface area contributed by atoms with Crippen LogP contribution in [0.1, 0.15) is 0 Å². The van der Waals surface area contributed by atoms with Gasteiger partial charge in [0.25, 0.3) is 0 Å². The molecule has 1 aromatic carbocycles. The zero-order valence-electron chi connectivity index (χ0n) is 13.8. The molecular weight excluding hydrogens is 499 g/mol. The average molecular weight is 504 g/mol. The van der Waals surface area contributed by atoms with E-state index in [4.69, 9.17) is 0 Å². The summed E-state index contributed by atoms with van der Waals surface area (Å²) in [5.74, 6) is -32.8. The van der Waals surface area contributed by atoms with Crippen molar-refractivity contribution in [3.05, 3.63) is 35.5 Å². The molecular formula is C12H5F13N2O3S. The van der Waals surface area contributed by atoms with E-state index < -0.39 is 55.7 Å². The van der Waals surface area contributed by atoms with Gasteiger partial charge in [0.05, 0.1) is 0 Å². The van der Waals surface area contributed by atoms with Crippen LogP contribution in [-0.2, 0) is 10.0 Å². The normalized spacial score (nSPS) is 15.8. The van der Waals surface area contributed by atoms with Crippen LogP contribution in [0.3, 0.4) is 0 Å². The van der Waals surface area contributed by atoms with Gasteiger partial charge >= 0.3 is 45.1 Å². The number of rotatable bonds is 7. The predicted octanol–water partition coefficient (Wildman–Crippen LogP) is 5.31. The van der Waals surface area contributed by atoms with Crippen molar-refractivity contribution < 1.29 is 70.4 Å². The largest absolute Gasteiger partial charge is 0.593 e.